The fourth-order valence-corrected chi connectivity index (χ4v) is 3.40. The molecule has 0 aliphatic rings. The number of hydrogen-bond donors (Lipinski definition) is 1. The Bertz CT molecular complexity index is 931. The summed E-state index contributed by atoms with van der Waals surface area (Å²) in [6.07, 6.45) is 9.31. The minimum atomic E-state index is 0.753. The van der Waals surface area contributed by atoms with Crippen molar-refractivity contribution in [3.63, 3.8) is 0 Å². The van der Waals surface area contributed by atoms with E-state index >= 15 is 0 Å². The third kappa shape index (κ3) is 3.92. The molecule has 5 nitrogen and oxygen atoms in total. The van der Waals surface area contributed by atoms with E-state index in [2.05, 4.69) is 44.6 Å². The van der Waals surface area contributed by atoms with Gasteiger partial charge in [-0.15, -0.1) is 11.3 Å². The first-order valence-corrected chi connectivity index (χ1v) is 8.84. The van der Waals surface area contributed by atoms with E-state index in [-0.39, 0.29) is 0 Å². The quantitative estimate of drug-likeness (QED) is 0.571. The maximum Gasteiger partial charge on any atom is 0.125 e. The smallest absolute Gasteiger partial charge is 0.125 e. The molecule has 3 aromatic heterocycles. The van der Waals surface area contributed by atoms with Crippen LogP contribution in [0.3, 0.4) is 0 Å². The van der Waals surface area contributed by atoms with Crippen molar-refractivity contribution in [2.75, 3.05) is 5.32 Å². The van der Waals surface area contributed by atoms with Crippen LogP contribution in [0.1, 0.15) is 10.4 Å². The first-order chi connectivity index (χ1) is 12.4. The van der Waals surface area contributed by atoms with Crippen molar-refractivity contribution in [1.82, 2.24) is 19.7 Å². The molecular weight excluding hydrogens is 330 g/mol. The van der Waals surface area contributed by atoms with Crippen molar-refractivity contribution in [3.8, 4) is 10.6 Å². The zero-order valence-corrected chi connectivity index (χ0v) is 14.4. The molecule has 0 unspecified atom stereocenters. The van der Waals surface area contributed by atoms with Crippen LogP contribution in [-0.4, -0.2) is 19.7 Å². The van der Waals surface area contributed by atoms with Gasteiger partial charge in [-0.25, -0.2) is 4.98 Å². The lowest BCUT2D eigenvalue weighted by atomic mass is 10.2. The monoisotopic (exact) mass is 347 g/mol. The van der Waals surface area contributed by atoms with Crippen LogP contribution in [0, 0.1) is 0 Å². The second kappa shape index (κ2) is 7.27. The molecule has 25 heavy (non-hydrogen) atoms. The van der Waals surface area contributed by atoms with E-state index < -0.39 is 0 Å². The van der Waals surface area contributed by atoms with Crippen molar-refractivity contribution in [2.45, 2.75) is 13.1 Å². The Kier molecular flexibility index (Phi) is 4.52. The summed E-state index contributed by atoms with van der Waals surface area (Å²) < 4.78 is 1.92. The molecule has 0 amide bonds. The molecule has 4 aromatic rings. The second-order valence-corrected chi connectivity index (χ2v) is 6.75. The number of nitrogens with one attached hydrogen (secondary N) is 1. The molecule has 3 heterocycles. The summed E-state index contributed by atoms with van der Waals surface area (Å²) in [6, 6.07) is 14.3. The number of benzene rings is 1. The summed E-state index contributed by atoms with van der Waals surface area (Å²) in [7, 11) is 0. The predicted molar refractivity (Wildman–Crippen MR) is 100 cm³/mol. The standard InChI is InChI=1S/C19H17N5S/c1-4-15(14-24-9-3-8-23-24)10-17(6-1)21-12-18-13-22-19(25-18)16-5-2-7-20-11-16/h1-11,13,21H,12,14H2. The van der Waals surface area contributed by atoms with Gasteiger partial charge in [-0.3, -0.25) is 9.67 Å². The topological polar surface area (TPSA) is 55.6 Å². The van der Waals surface area contributed by atoms with Crippen LogP contribution in [0.25, 0.3) is 10.6 Å². The molecule has 0 fully saturated rings. The Hall–Kier alpha value is -2.99. The highest BCUT2D eigenvalue weighted by atomic mass is 32.1. The minimum absolute atomic E-state index is 0.753. The Morgan fingerprint density at radius 2 is 2.04 bits per heavy atom. The van der Waals surface area contributed by atoms with Crippen LogP contribution in [0.15, 0.2) is 73.4 Å². The van der Waals surface area contributed by atoms with Gasteiger partial charge in [0.2, 0.25) is 0 Å². The predicted octanol–water partition coefficient (Wildman–Crippen LogP) is 4.06. The summed E-state index contributed by atoms with van der Waals surface area (Å²) in [4.78, 5) is 9.83. The Morgan fingerprint density at radius 1 is 1.04 bits per heavy atom. The SMILES string of the molecule is c1cc(Cn2cccn2)cc(NCc2cnc(-c3cccnc3)s2)c1. The van der Waals surface area contributed by atoms with Crippen LogP contribution >= 0.6 is 11.3 Å². The zero-order valence-electron chi connectivity index (χ0n) is 13.5. The summed E-state index contributed by atoms with van der Waals surface area (Å²) in [5, 5.41) is 8.72. The molecule has 0 saturated heterocycles. The second-order valence-electron chi connectivity index (χ2n) is 5.63. The van der Waals surface area contributed by atoms with Crippen LogP contribution in [0.4, 0.5) is 5.69 Å². The number of hydrogen-bond acceptors (Lipinski definition) is 5. The molecule has 4 rings (SSSR count). The molecule has 0 spiro atoms. The van der Waals surface area contributed by atoms with Gasteiger partial charge in [-0.2, -0.15) is 5.10 Å². The van der Waals surface area contributed by atoms with Gasteiger partial charge in [0.05, 0.1) is 13.1 Å². The van der Waals surface area contributed by atoms with Gasteiger partial charge < -0.3 is 5.32 Å². The number of anilines is 1. The lowest BCUT2D eigenvalue weighted by Gasteiger charge is -2.07. The summed E-state index contributed by atoms with van der Waals surface area (Å²) >= 11 is 1.69. The molecule has 0 aliphatic carbocycles. The number of nitrogens with zero attached hydrogens (tertiary/aromatic N) is 4. The first kappa shape index (κ1) is 15.5. The van der Waals surface area contributed by atoms with Crippen molar-refractivity contribution < 1.29 is 0 Å². The van der Waals surface area contributed by atoms with Gasteiger partial charge in [0.25, 0.3) is 0 Å². The van der Waals surface area contributed by atoms with E-state index in [0.717, 1.165) is 29.3 Å². The number of aromatic nitrogens is 4. The molecular formula is C19H17N5S. The van der Waals surface area contributed by atoms with Crippen LogP contribution in [-0.2, 0) is 13.1 Å². The Morgan fingerprint density at radius 3 is 2.88 bits per heavy atom. The van der Waals surface area contributed by atoms with Gasteiger partial charge >= 0.3 is 0 Å². The molecule has 0 saturated carbocycles. The van der Waals surface area contributed by atoms with E-state index in [4.69, 9.17) is 0 Å². The van der Waals surface area contributed by atoms with E-state index in [1.165, 1.54) is 10.4 Å². The minimum Gasteiger partial charge on any atom is -0.380 e. The maximum absolute atomic E-state index is 4.49. The molecule has 1 aromatic carbocycles. The highest BCUT2D eigenvalue weighted by molar-refractivity contribution is 7.15. The van der Waals surface area contributed by atoms with Crippen molar-refractivity contribution in [3.05, 3.63) is 83.9 Å². The summed E-state index contributed by atoms with van der Waals surface area (Å²) in [6.45, 7) is 1.53. The van der Waals surface area contributed by atoms with Crippen LogP contribution in [0.5, 0.6) is 0 Å². The summed E-state index contributed by atoms with van der Waals surface area (Å²) in [5.41, 5.74) is 3.37. The van der Waals surface area contributed by atoms with E-state index in [1.54, 1.807) is 23.7 Å². The number of thiazole rings is 1. The van der Waals surface area contributed by atoms with Crippen molar-refractivity contribution in [1.29, 1.82) is 0 Å². The molecule has 6 heteroatoms. The molecule has 0 aliphatic heterocycles. The average Bonchev–Trinajstić information content (AvgIpc) is 3.33. The maximum atomic E-state index is 4.49. The molecule has 0 atom stereocenters. The van der Waals surface area contributed by atoms with Gasteiger partial charge in [-0.1, -0.05) is 12.1 Å². The highest BCUT2D eigenvalue weighted by Crippen LogP contribution is 2.25. The van der Waals surface area contributed by atoms with Gasteiger partial charge in [0.1, 0.15) is 5.01 Å². The lowest BCUT2D eigenvalue weighted by Crippen LogP contribution is -2.02. The van der Waals surface area contributed by atoms with Gasteiger partial charge in [0, 0.05) is 47.1 Å². The van der Waals surface area contributed by atoms with Crippen molar-refractivity contribution >= 4 is 17.0 Å². The zero-order chi connectivity index (χ0) is 16.9. The average molecular weight is 347 g/mol. The normalized spacial score (nSPS) is 10.7. The first-order valence-electron chi connectivity index (χ1n) is 8.02. The van der Waals surface area contributed by atoms with E-state index in [1.807, 2.05) is 41.5 Å². The fourth-order valence-electron chi connectivity index (χ4n) is 2.56. The van der Waals surface area contributed by atoms with Gasteiger partial charge in [0.15, 0.2) is 0 Å². The van der Waals surface area contributed by atoms with Crippen molar-refractivity contribution in [2.24, 2.45) is 0 Å². The third-order valence-corrected chi connectivity index (χ3v) is 4.81. The lowest BCUT2D eigenvalue weighted by molar-refractivity contribution is 0.687. The Balaban J connectivity index is 1.41. The molecule has 0 bridgehead atoms. The highest BCUT2D eigenvalue weighted by Gasteiger charge is 2.05. The largest absolute Gasteiger partial charge is 0.380 e. The van der Waals surface area contributed by atoms with Gasteiger partial charge in [-0.05, 0) is 35.9 Å². The number of rotatable bonds is 6. The summed E-state index contributed by atoms with van der Waals surface area (Å²) in [5.74, 6) is 0. The Labute approximate surface area is 150 Å². The fraction of sp³-hybridized carbons (Fsp3) is 0.105. The van der Waals surface area contributed by atoms with Crippen LogP contribution < -0.4 is 5.32 Å². The molecule has 0 radical (unpaired) electrons. The molecule has 1 N–H and O–H groups in total. The number of pyridine rings is 1. The van der Waals surface area contributed by atoms with E-state index in [0.29, 0.717) is 0 Å². The van der Waals surface area contributed by atoms with Crippen LogP contribution in [0.2, 0.25) is 0 Å². The van der Waals surface area contributed by atoms with E-state index in [9.17, 15) is 0 Å². The molecule has 124 valence electrons. The third-order valence-electron chi connectivity index (χ3n) is 3.76.